The van der Waals surface area contributed by atoms with E-state index in [-0.39, 0.29) is 6.61 Å². The number of benzene rings is 1. The highest BCUT2D eigenvalue weighted by atomic mass is 16.3. The van der Waals surface area contributed by atoms with E-state index in [2.05, 4.69) is 36.1 Å². The molecule has 0 bridgehead atoms. The maximum atomic E-state index is 9.43. The Bertz CT molecular complexity index is 575. The van der Waals surface area contributed by atoms with Crippen LogP contribution in [0, 0.1) is 0 Å². The number of nitrogens with zero attached hydrogens (tertiary/aromatic N) is 2. The van der Waals surface area contributed by atoms with E-state index in [1.54, 1.807) is 0 Å². The molecule has 0 unspecified atom stereocenters. The van der Waals surface area contributed by atoms with Crippen LogP contribution in [0.4, 0.5) is 5.82 Å². The molecule has 0 saturated carbocycles. The Balaban J connectivity index is 1.85. The van der Waals surface area contributed by atoms with Crippen molar-refractivity contribution in [2.45, 2.75) is 32.8 Å². The van der Waals surface area contributed by atoms with Crippen LogP contribution in [0.5, 0.6) is 0 Å². The molecule has 1 N–H and O–H groups in total. The van der Waals surface area contributed by atoms with Crippen LogP contribution in [-0.4, -0.2) is 23.2 Å². The van der Waals surface area contributed by atoms with Gasteiger partial charge in [0.1, 0.15) is 5.82 Å². The van der Waals surface area contributed by atoms with Gasteiger partial charge in [0.15, 0.2) is 0 Å². The predicted octanol–water partition coefficient (Wildman–Crippen LogP) is 2.74. The largest absolute Gasteiger partial charge is 0.392 e. The molecular formula is C18H22N2O. The lowest BCUT2D eigenvalue weighted by molar-refractivity contribution is 0.281. The molecule has 21 heavy (non-hydrogen) atoms. The van der Waals surface area contributed by atoms with Crippen LogP contribution in [0.1, 0.15) is 29.3 Å². The summed E-state index contributed by atoms with van der Waals surface area (Å²) in [7, 11) is 0. The summed E-state index contributed by atoms with van der Waals surface area (Å²) in [5.41, 5.74) is 4.92. The molecule has 1 aromatic heterocycles. The fourth-order valence-corrected chi connectivity index (χ4v) is 2.96. The number of anilines is 1. The average molecular weight is 282 g/mol. The fraction of sp³-hybridized carbons (Fsp3) is 0.389. The first-order valence-corrected chi connectivity index (χ1v) is 7.72. The Hall–Kier alpha value is -1.87. The summed E-state index contributed by atoms with van der Waals surface area (Å²) in [5.74, 6) is 1.01. The maximum absolute atomic E-state index is 9.43. The van der Waals surface area contributed by atoms with Crippen molar-refractivity contribution in [3.05, 3.63) is 58.8 Å². The van der Waals surface area contributed by atoms with Crippen molar-refractivity contribution in [2.24, 2.45) is 0 Å². The summed E-state index contributed by atoms with van der Waals surface area (Å²) >= 11 is 0. The molecule has 2 heterocycles. The van der Waals surface area contributed by atoms with Gasteiger partial charge in [0.05, 0.1) is 6.61 Å². The van der Waals surface area contributed by atoms with Crippen LogP contribution in [0.3, 0.4) is 0 Å². The fourth-order valence-electron chi connectivity index (χ4n) is 2.96. The molecule has 1 aliphatic heterocycles. The quantitative estimate of drug-likeness (QED) is 0.940. The maximum Gasteiger partial charge on any atom is 0.129 e. The van der Waals surface area contributed by atoms with Crippen molar-refractivity contribution in [3.63, 3.8) is 0 Å². The molecule has 3 rings (SSSR count). The van der Waals surface area contributed by atoms with E-state index in [1.807, 2.05) is 12.1 Å². The molecule has 3 nitrogen and oxygen atoms in total. The zero-order valence-electron chi connectivity index (χ0n) is 12.5. The van der Waals surface area contributed by atoms with Gasteiger partial charge in [-0.2, -0.15) is 0 Å². The van der Waals surface area contributed by atoms with E-state index in [0.717, 1.165) is 49.4 Å². The number of rotatable bonds is 3. The Morgan fingerprint density at radius 3 is 2.33 bits per heavy atom. The minimum Gasteiger partial charge on any atom is -0.392 e. The van der Waals surface area contributed by atoms with Gasteiger partial charge in [-0.05, 0) is 48.1 Å². The van der Waals surface area contributed by atoms with Crippen LogP contribution >= 0.6 is 0 Å². The number of aromatic nitrogens is 1. The number of fused-ring (bicyclic) bond motifs is 1. The molecular weight excluding hydrogens is 260 g/mol. The Morgan fingerprint density at radius 2 is 1.76 bits per heavy atom. The lowest BCUT2D eigenvalue weighted by Gasteiger charge is -2.22. The highest BCUT2D eigenvalue weighted by Crippen LogP contribution is 2.21. The van der Waals surface area contributed by atoms with E-state index in [0.29, 0.717) is 0 Å². The number of hydrogen-bond acceptors (Lipinski definition) is 3. The zero-order chi connectivity index (χ0) is 14.7. The molecule has 0 saturated heterocycles. The molecule has 2 aromatic rings. The number of aliphatic hydroxyl groups is 1. The molecule has 1 aliphatic rings. The first-order chi connectivity index (χ1) is 10.3. The average Bonchev–Trinajstić information content (AvgIpc) is 2.77. The van der Waals surface area contributed by atoms with Gasteiger partial charge >= 0.3 is 0 Å². The summed E-state index contributed by atoms with van der Waals surface area (Å²) in [6.45, 7) is 4.16. The smallest absolute Gasteiger partial charge is 0.129 e. The summed E-state index contributed by atoms with van der Waals surface area (Å²) in [6.07, 6.45) is 3.01. The Morgan fingerprint density at radius 1 is 1.10 bits per heavy atom. The van der Waals surface area contributed by atoms with Gasteiger partial charge in [0, 0.05) is 18.8 Å². The summed E-state index contributed by atoms with van der Waals surface area (Å²) in [6, 6.07) is 12.7. The molecule has 110 valence electrons. The predicted molar refractivity (Wildman–Crippen MR) is 85.6 cm³/mol. The first kappa shape index (κ1) is 14.1. The lowest BCUT2D eigenvalue weighted by Crippen LogP contribution is -2.27. The van der Waals surface area contributed by atoms with Crippen molar-refractivity contribution in [1.29, 1.82) is 0 Å². The topological polar surface area (TPSA) is 36.4 Å². The molecule has 0 radical (unpaired) electrons. The second kappa shape index (κ2) is 6.27. The van der Waals surface area contributed by atoms with E-state index < -0.39 is 0 Å². The second-order valence-electron chi connectivity index (χ2n) is 5.59. The van der Waals surface area contributed by atoms with E-state index in [4.69, 9.17) is 4.98 Å². The van der Waals surface area contributed by atoms with Crippen LogP contribution in [-0.2, 0) is 25.9 Å². The van der Waals surface area contributed by atoms with Crippen molar-refractivity contribution in [2.75, 3.05) is 18.0 Å². The molecule has 0 fully saturated rings. The van der Waals surface area contributed by atoms with Crippen LogP contribution in [0.2, 0.25) is 0 Å². The summed E-state index contributed by atoms with van der Waals surface area (Å²) < 4.78 is 0. The highest BCUT2D eigenvalue weighted by molar-refractivity contribution is 5.44. The van der Waals surface area contributed by atoms with E-state index in [1.165, 1.54) is 11.1 Å². The van der Waals surface area contributed by atoms with Crippen molar-refractivity contribution in [3.8, 4) is 0 Å². The van der Waals surface area contributed by atoms with E-state index >= 15 is 0 Å². The Kier molecular flexibility index (Phi) is 4.20. The van der Waals surface area contributed by atoms with Gasteiger partial charge in [-0.1, -0.05) is 31.2 Å². The van der Waals surface area contributed by atoms with Gasteiger partial charge in [-0.3, -0.25) is 0 Å². The van der Waals surface area contributed by atoms with Gasteiger partial charge in [0.2, 0.25) is 0 Å². The molecule has 1 aromatic carbocycles. The lowest BCUT2D eigenvalue weighted by atomic mass is 10.0. The molecule has 0 amide bonds. The van der Waals surface area contributed by atoms with Crippen LogP contribution < -0.4 is 4.90 Å². The SMILES string of the molecule is CCc1cc(CO)cc(N2CCc3ccccc3CC2)n1. The number of aliphatic hydroxyl groups excluding tert-OH is 1. The summed E-state index contributed by atoms with van der Waals surface area (Å²) in [5, 5.41) is 9.43. The standard InChI is InChI=1S/C18H22N2O/c1-2-17-11-14(13-21)12-18(19-17)20-9-7-15-5-3-4-6-16(15)8-10-20/h3-6,11-12,21H,2,7-10,13H2,1H3. The zero-order valence-corrected chi connectivity index (χ0v) is 12.5. The third-order valence-electron chi connectivity index (χ3n) is 4.21. The van der Waals surface area contributed by atoms with Gasteiger partial charge in [0.25, 0.3) is 0 Å². The molecule has 0 atom stereocenters. The van der Waals surface area contributed by atoms with Crippen LogP contribution in [0.15, 0.2) is 36.4 Å². The van der Waals surface area contributed by atoms with Crippen molar-refractivity contribution < 1.29 is 5.11 Å². The number of pyridine rings is 1. The molecule has 0 spiro atoms. The Labute approximate surface area is 126 Å². The second-order valence-corrected chi connectivity index (χ2v) is 5.59. The molecule has 0 aliphatic carbocycles. The van der Waals surface area contributed by atoms with Gasteiger partial charge in [-0.25, -0.2) is 4.98 Å². The monoisotopic (exact) mass is 282 g/mol. The third-order valence-corrected chi connectivity index (χ3v) is 4.21. The first-order valence-electron chi connectivity index (χ1n) is 7.72. The van der Waals surface area contributed by atoms with Gasteiger partial charge in [-0.15, -0.1) is 0 Å². The van der Waals surface area contributed by atoms with Gasteiger partial charge < -0.3 is 10.0 Å². The van der Waals surface area contributed by atoms with Crippen molar-refractivity contribution in [1.82, 2.24) is 4.98 Å². The highest BCUT2D eigenvalue weighted by Gasteiger charge is 2.15. The minimum absolute atomic E-state index is 0.0799. The molecule has 3 heteroatoms. The van der Waals surface area contributed by atoms with Crippen molar-refractivity contribution >= 4 is 5.82 Å². The number of aryl methyl sites for hydroxylation is 1. The van der Waals surface area contributed by atoms with Crippen LogP contribution in [0.25, 0.3) is 0 Å². The minimum atomic E-state index is 0.0799. The third kappa shape index (κ3) is 3.08. The van der Waals surface area contributed by atoms with E-state index in [9.17, 15) is 5.11 Å². The number of hydrogen-bond donors (Lipinski definition) is 1. The normalized spacial score (nSPS) is 14.7. The summed E-state index contributed by atoms with van der Waals surface area (Å²) in [4.78, 5) is 7.09.